The van der Waals surface area contributed by atoms with Crippen LogP contribution in [0, 0.1) is 0 Å². The predicted octanol–water partition coefficient (Wildman–Crippen LogP) is 4.08. The van der Waals surface area contributed by atoms with Crippen LogP contribution in [0.1, 0.15) is 11.1 Å². The molecule has 1 rings (SSSR count). The van der Waals surface area contributed by atoms with Gasteiger partial charge in [0.25, 0.3) is 0 Å². The van der Waals surface area contributed by atoms with Crippen LogP contribution in [0.4, 0.5) is 11.6 Å². The Morgan fingerprint density at radius 3 is 1.47 bits per heavy atom. The molecule has 1 heterocycles. The Labute approximate surface area is 101 Å². The second kappa shape index (κ2) is 6.23. The highest BCUT2D eigenvalue weighted by Crippen LogP contribution is 2.32. The highest BCUT2D eigenvalue weighted by molar-refractivity contribution is 5.84. The average molecular weight is 225 g/mol. The second-order valence-electron chi connectivity index (χ2n) is 3.09. The van der Waals surface area contributed by atoms with E-state index in [4.69, 9.17) is 0 Å². The van der Waals surface area contributed by atoms with Gasteiger partial charge in [0.1, 0.15) is 11.6 Å². The number of nitrogens with zero attached hydrogens (tertiary/aromatic N) is 2. The van der Waals surface area contributed by atoms with Gasteiger partial charge in [-0.2, -0.15) is 0 Å². The molecule has 0 unspecified atom stereocenters. The van der Waals surface area contributed by atoms with Gasteiger partial charge in [-0.3, -0.25) is 0 Å². The van der Waals surface area contributed by atoms with Crippen molar-refractivity contribution in [3.63, 3.8) is 0 Å². The number of hydrogen-bond donors (Lipinski definition) is 1. The molecule has 0 aliphatic rings. The predicted molar refractivity (Wildman–Crippen MR) is 77.7 cm³/mol. The van der Waals surface area contributed by atoms with E-state index in [1.54, 1.807) is 36.7 Å². The molecule has 0 spiro atoms. The standard InChI is InChI=1S/C14H15N3/c1-5-9-15-13-11(7-3)12(8-4)14(17-13)16-10-6-2/h5-10,17H,1-4H2. The van der Waals surface area contributed by atoms with Crippen LogP contribution in [0.15, 0.2) is 48.5 Å². The molecule has 0 saturated carbocycles. The molecule has 3 heteroatoms. The van der Waals surface area contributed by atoms with Gasteiger partial charge in [0, 0.05) is 23.6 Å². The van der Waals surface area contributed by atoms with E-state index < -0.39 is 0 Å². The highest BCUT2D eigenvalue weighted by Gasteiger charge is 2.10. The van der Waals surface area contributed by atoms with Crippen LogP contribution in [-0.2, 0) is 0 Å². The van der Waals surface area contributed by atoms with Crippen molar-refractivity contribution in [2.45, 2.75) is 0 Å². The number of rotatable bonds is 6. The lowest BCUT2D eigenvalue weighted by molar-refractivity contribution is 1.30. The van der Waals surface area contributed by atoms with Crippen molar-refractivity contribution >= 4 is 36.2 Å². The number of allylic oxidation sites excluding steroid dienone is 2. The fraction of sp³-hybridized carbons (Fsp3) is 0. The van der Waals surface area contributed by atoms with Crippen LogP contribution >= 0.6 is 0 Å². The molecule has 1 aromatic rings. The molecule has 0 amide bonds. The molecule has 0 aliphatic heterocycles. The van der Waals surface area contributed by atoms with E-state index >= 15 is 0 Å². The molecule has 0 fully saturated rings. The van der Waals surface area contributed by atoms with E-state index in [1.165, 1.54) is 0 Å². The van der Waals surface area contributed by atoms with E-state index in [1.807, 2.05) is 0 Å². The van der Waals surface area contributed by atoms with Gasteiger partial charge >= 0.3 is 0 Å². The van der Waals surface area contributed by atoms with E-state index in [-0.39, 0.29) is 0 Å². The van der Waals surface area contributed by atoms with Gasteiger partial charge in [0.15, 0.2) is 0 Å². The smallest absolute Gasteiger partial charge is 0.139 e. The van der Waals surface area contributed by atoms with Crippen LogP contribution in [0.5, 0.6) is 0 Å². The first-order valence-corrected chi connectivity index (χ1v) is 5.09. The molecular weight excluding hydrogens is 210 g/mol. The second-order valence-corrected chi connectivity index (χ2v) is 3.09. The third-order valence-corrected chi connectivity index (χ3v) is 2.06. The number of aliphatic imine (C=N–C) groups is 2. The maximum atomic E-state index is 4.22. The fourth-order valence-electron chi connectivity index (χ4n) is 1.37. The molecule has 0 aliphatic carbocycles. The van der Waals surface area contributed by atoms with Crippen LogP contribution < -0.4 is 0 Å². The minimum Gasteiger partial charge on any atom is -0.324 e. The van der Waals surface area contributed by atoms with E-state index in [0.717, 1.165) is 11.1 Å². The summed E-state index contributed by atoms with van der Waals surface area (Å²) in [4.78, 5) is 11.5. The lowest BCUT2D eigenvalue weighted by Gasteiger charge is -1.93. The summed E-state index contributed by atoms with van der Waals surface area (Å²) in [6.07, 6.45) is 9.85. The van der Waals surface area contributed by atoms with Gasteiger partial charge in [0.2, 0.25) is 0 Å². The Morgan fingerprint density at radius 2 is 1.18 bits per heavy atom. The third-order valence-electron chi connectivity index (χ3n) is 2.06. The normalized spacial score (nSPS) is 10.8. The Bertz CT molecular complexity index is 457. The summed E-state index contributed by atoms with van der Waals surface area (Å²) in [5.74, 6) is 1.37. The highest BCUT2D eigenvalue weighted by atomic mass is 15.0. The minimum atomic E-state index is 0.686. The number of nitrogens with one attached hydrogen (secondary N) is 1. The average Bonchev–Trinajstić information content (AvgIpc) is 2.70. The molecular formula is C14H15N3. The van der Waals surface area contributed by atoms with E-state index in [2.05, 4.69) is 41.3 Å². The van der Waals surface area contributed by atoms with Crippen molar-refractivity contribution in [1.82, 2.24) is 4.98 Å². The maximum absolute atomic E-state index is 4.22. The van der Waals surface area contributed by atoms with Gasteiger partial charge in [-0.1, -0.05) is 50.6 Å². The summed E-state index contributed by atoms with van der Waals surface area (Å²) >= 11 is 0. The van der Waals surface area contributed by atoms with E-state index in [9.17, 15) is 0 Å². The number of H-pyrrole nitrogens is 1. The molecule has 0 aromatic carbocycles. The lowest BCUT2D eigenvalue weighted by Crippen LogP contribution is -1.73. The molecule has 0 saturated heterocycles. The molecule has 3 nitrogen and oxygen atoms in total. The monoisotopic (exact) mass is 225 g/mol. The molecule has 0 radical (unpaired) electrons. The zero-order valence-electron chi connectivity index (χ0n) is 9.69. The van der Waals surface area contributed by atoms with Crippen LogP contribution in [0.2, 0.25) is 0 Å². The Hall–Kier alpha value is -2.42. The molecule has 0 bridgehead atoms. The number of aromatic nitrogens is 1. The van der Waals surface area contributed by atoms with Crippen LogP contribution in [-0.4, -0.2) is 17.4 Å². The Kier molecular flexibility index (Phi) is 4.63. The van der Waals surface area contributed by atoms with Gasteiger partial charge in [0.05, 0.1) is 0 Å². The summed E-state index contributed by atoms with van der Waals surface area (Å²) in [7, 11) is 0. The SMILES string of the molecule is C=CC=Nc1[nH]c(N=CC=C)c(C=C)c1C=C. The first-order valence-electron chi connectivity index (χ1n) is 5.09. The summed E-state index contributed by atoms with van der Waals surface area (Å²) in [6.45, 7) is 14.7. The van der Waals surface area contributed by atoms with Crippen molar-refractivity contribution < 1.29 is 0 Å². The van der Waals surface area contributed by atoms with E-state index in [0.29, 0.717) is 11.6 Å². The van der Waals surface area contributed by atoms with Crippen molar-refractivity contribution in [2.24, 2.45) is 9.98 Å². The summed E-state index contributed by atoms with van der Waals surface area (Å²) in [5.41, 5.74) is 1.74. The largest absolute Gasteiger partial charge is 0.324 e. The molecule has 86 valence electrons. The molecule has 17 heavy (non-hydrogen) atoms. The topological polar surface area (TPSA) is 40.5 Å². The fourth-order valence-corrected chi connectivity index (χ4v) is 1.37. The zero-order chi connectivity index (χ0) is 12.7. The third kappa shape index (κ3) is 2.78. The minimum absolute atomic E-state index is 0.686. The summed E-state index contributed by atoms with van der Waals surface area (Å²) < 4.78 is 0. The first-order chi connectivity index (χ1) is 8.28. The first kappa shape index (κ1) is 12.6. The molecule has 0 atom stereocenters. The quantitative estimate of drug-likeness (QED) is 0.709. The van der Waals surface area contributed by atoms with Crippen LogP contribution in [0.25, 0.3) is 12.2 Å². The number of aromatic amines is 1. The molecule has 1 aromatic heterocycles. The Morgan fingerprint density at radius 1 is 0.765 bits per heavy atom. The van der Waals surface area contributed by atoms with Gasteiger partial charge in [-0.25, -0.2) is 9.98 Å². The maximum Gasteiger partial charge on any atom is 0.139 e. The molecule has 1 N–H and O–H groups in total. The van der Waals surface area contributed by atoms with Gasteiger partial charge in [-0.05, 0) is 0 Å². The van der Waals surface area contributed by atoms with Crippen molar-refractivity contribution in [3.05, 3.63) is 49.6 Å². The number of hydrogen-bond acceptors (Lipinski definition) is 2. The zero-order valence-corrected chi connectivity index (χ0v) is 9.69. The summed E-state index contributed by atoms with van der Waals surface area (Å²) in [6, 6.07) is 0. The summed E-state index contributed by atoms with van der Waals surface area (Å²) in [5, 5.41) is 0. The van der Waals surface area contributed by atoms with Gasteiger partial charge < -0.3 is 4.98 Å². The van der Waals surface area contributed by atoms with Crippen molar-refractivity contribution in [2.75, 3.05) is 0 Å². The van der Waals surface area contributed by atoms with Crippen molar-refractivity contribution in [1.29, 1.82) is 0 Å². The Balaban J connectivity index is 3.36. The van der Waals surface area contributed by atoms with Gasteiger partial charge in [-0.15, -0.1) is 0 Å². The van der Waals surface area contributed by atoms with Crippen molar-refractivity contribution in [3.8, 4) is 0 Å². The van der Waals surface area contributed by atoms with Crippen LogP contribution in [0.3, 0.4) is 0 Å². The lowest BCUT2D eigenvalue weighted by atomic mass is 10.1.